The zero-order chi connectivity index (χ0) is 17.9. The van der Waals surface area contributed by atoms with E-state index in [9.17, 15) is 9.59 Å². The molecule has 0 aliphatic carbocycles. The molecule has 0 radical (unpaired) electrons. The zero-order valence-electron chi connectivity index (χ0n) is 14.0. The third-order valence-corrected chi connectivity index (χ3v) is 3.19. The molecule has 128 valence electrons. The number of carbonyl (C=O) groups excluding carboxylic acids is 2. The monoisotopic (exact) mass is 336 g/mol. The van der Waals surface area contributed by atoms with Gasteiger partial charge in [-0.3, -0.25) is 4.79 Å². The van der Waals surface area contributed by atoms with Crippen molar-refractivity contribution in [3.8, 4) is 11.8 Å². The van der Waals surface area contributed by atoms with Gasteiger partial charge in [-0.1, -0.05) is 54.3 Å². The highest BCUT2D eigenvalue weighted by Gasteiger charge is 2.01. The molecule has 0 unspecified atom stereocenters. The maximum Gasteiger partial charge on any atom is 0.407 e. The van der Waals surface area contributed by atoms with Gasteiger partial charge in [0.1, 0.15) is 6.61 Å². The van der Waals surface area contributed by atoms with Crippen LogP contribution in [0.3, 0.4) is 0 Å². The molecule has 0 atom stereocenters. The Balaban J connectivity index is 1.74. The lowest BCUT2D eigenvalue weighted by Gasteiger charge is -2.05. The molecule has 2 aromatic rings. The SMILES string of the molecule is CC(=O)Nc1ccccc1C#CCCNC(=O)OCc1ccccc1. The summed E-state index contributed by atoms with van der Waals surface area (Å²) < 4.78 is 5.11. The van der Waals surface area contributed by atoms with E-state index in [0.29, 0.717) is 18.7 Å². The van der Waals surface area contributed by atoms with Gasteiger partial charge in [0, 0.05) is 25.5 Å². The van der Waals surface area contributed by atoms with Gasteiger partial charge in [0.2, 0.25) is 5.91 Å². The summed E-state index contributed by atoms with van der Waals surface area (Å²) in [5.74, 6) is 5.82. The summed E-state index contributed by atoms with van der Waals surface area (Å²) in [4.78, 5) is 22.8. The molecule has 0 aliphatic heterocycles. The number of carbonyl (C=O) groups is 2. The largest absolute Gasteiger partial charge is 0.445 e. The van der Waals surface area contributed by atoms with Crippen LogP contribution < -0.4 is 10.6 Å². The van der Waals surface area contributed by atoms with E-state index in [-0.39, 0.29) is 12.5 Å². The van der Waals surface area contributed by atoms with Crippen LogP contribution in [0.5, 0.6) is 0 Å². The van der Waals surface area contributed by atoms with Gasteiger partial charge in [-0.15, -0.1) is 0 Å². The number of nitrogens with one attached hydrogen (secondary N) is 2. The third kappa shape index (κ3) is 6.80. The number of benzene rings is 2. The predicted octanol–water partition coefficient (Wildman–Crippen LogP) is 3.31. The Morgan fingerprint density at radius 3 is 2.52 bits per heavy atom. The summed E-state index contributed by atoms with van der Waals surface area (Å²) in [7, 11) is 0. The summed E-state index contributed by atoms with van der Waals surface area (Å²) in [6.07, 6.45) is 0.0128. The second-order valence-electron chi connectivity index (χ2n) is 5.27. The van der Waals surface area contributed by atoms with Crippen LogP contribution in [0.1, 0.15) is 24.5 Å². The first kappa shape index (κ1) is 18.1. The van der Waals surface area contributed by atoms with Gasteiger partial charge >= 0.3 is 6.09 Å². The normalized spacial score (nSPS) is 9.48. The smallest absolute Gasteiger partial charge is 0.407 e. The quantitative estimate of drug-likeness (QED) is 0.650. The number of ether oxygens (including phenoxy) is 1. The lowest BCUT2D eigenvalue weighted by Crippen LogP contribution is -2.24. The van der Waals surface area contributed by atoms with Gasteiger partial charge in [0.25, 0.3) is 0 Å². The predicted molar refractivity (Wildman–Crippen MR) is 96.9 cm³/mol. The van der Waals surface area contributed by atoms with Gasteiger partial charge in [-0.05, 0) is 17.7 Å². The van der Waals surface area contributed by atoms with Crippen LogP contribution in [0.15, 0.2) is 54.6 Å². The summed E-state index contributed by atoms with van der Waals surface area (Å²) in [6.45, 7) is 2.08. The van der Waals surface area contributed by atoms with Crippen molar-refractivity contribution < 1.29 is 14.3 Å². The first-order valence-electron chi connectivity index (χ1n) is 7.95. The summed E-state index contributed by atoms with van der Waals surface area (Å²) in [5.41, 5.74) is 2.36. The highest BCUT2D eigenvalue weighted by Crippen LogP contribution is 2.13. The average molecular weight is 336 g/mol. The van der Waals surface area contributed by atoms with Gasteiger partial charge in [-0.2, -0.15) is 0 Å². The van der Waals surface area contributed by atoms with E-state index < -0.39 is 6.09 Å². The topological polar surface area (TPSA) is 67.4 Å². The number of alkyl carbamates (subject to hydrolysis) is 1. The minimum Gasteiger partial charge on any atom is -0.445 e. The number of hydrogen-bond donors (Lipinski definition) is 2. The van der Waals surface area contributed by atoms with Crippen LogP contribution in [0, 0.1) is 11.8 Å². The Kier molecular flexibility index (Phi) is 7.08. The summed E-state index contributed by atoms with van der Waals surface area (Å²) in [6, 6.07) is 16.8. The molecule has 25 heavy (non-hydrogen) atoms. The molecule has 5 nitrogen and oxygen atoms in total. The Morgan fingerprint density at radius 2 is 1.76 bits per heavy atom. The van der Waals surface area contributed by atoms with Crippen molar-refractivity contribution in [2.75, 3.05) is 11.9 Å². The second kappa shape index (κ2) is 9.78. The summed E-state index contributed by atoms with van der Waals surface area (Å²) >= 11 is 0. The van der Waals surface area contributed by atoms with Crippen molar-refractivity contribution in [1.29, 1.82) is 0 Å². The minimum atomic E-state index is -0.468. The van der Waals surface area contributed by atoms with E-state index in [4.69, 9.17) is 4.74 Å². The molecular weight excluding hydrogens is 316 g/mol. The first-order valence-corrected chi connectivity index (χ1v) is 7.95. The van der Waals surface area contributed by atoms with Crippen molar-refractivity contribution >= 4 is 17.7 Å². The molecular formula is C20H20N2O3. The third-order valence-electron chi connectivity index (χ3n) is 3.19. The molecule has 2 amide bonds. The van der Waals surface area contributed by atoms with Crippen LogP contribution in [-0.4, -0.2) is 18.5 Å². The lowest BCUT2D eigenvalue weighted by atomic mass is 10.1. The Bertz CT molecular complexity index is 776. The molecule has 0 aromatic heterocycles. The molecule has 5 heteroatoms. The number of hydrogen-bond acceptors (Lipinski definition) is 3. The Hall–Kier alpha value is -3.26. The van der Waals surface area contributed by atoms with E-state index >= 15 is 0 Å². The van der Waals surface area contributed by atoms with Crippen molar-refractivity contribution in [3.05, 3.63) is 65.7 Å². The first-order chi connectivity index (χ1) is 12.1. The molecule has 0 heterocycles. The molecule has 2 aromatic carbocycles. The van der Waals surface area contributed by atoms with Crippen LogP contribution in [0.2, 0.25) is 0 Å². The standard InChI is InChI=1S/C20H20N2O3/c1-16(23)22-19-13-6-5-11-18(19)12-7-8-14-21-20(24)25-15-17-9-3-2-4-10-17/h2-6,9-11,13H,8,14-15H2,1H3,(H,21,24)(H,22,23). The van der Waals surface area contributed by atoms with E-state index in [0.717, 1.165) is 11.1 Å². The van der Waals surface area contributed by atoms with Gasteiger partial charge in [-0.25, -0.2) is 4.79 Å². The molecule has 0 aliphatic rings. The Labute approximate surface area is 147 Å². The lowest BCUT2D eigenvalue weighted by molar-refractivity contribution is -0.114. The fraction of sp³-hybridized carbons (Fsp3) is 0.200. The van der Waals surface area contributed by atoms with Crippen LogP contribution in [0.25, 0.3) is 0 Å². The van der Waals surface area contributed by atoms with Gasteiger partial charge in [0.05, 0.1) is 5.69 Å². The molecule has 0 saturated heterocycles. The number of rotatable bonds is 5. The molecule has 0 bridgehead atoms. The zero-order valence-corrected chi connectivity index (χ0v) is 14.0. The highest BCUT2D eigenvalue weighted by atomic mass is 16.5. The highest BCUT2D eigenvalue weighted by molar-refractivity contribution is 5.90. The number of amides is 2. The maximum absolute atomic E-state index is 11.6. The van der Waals surface area contributed by atoms with Crippen molar-refractivity contribution in [2.24, 2.45) is 0 Å². The van der Waals surface area contributed by atoms with Crippen molar-refractivity contribution in [1.82, 2.24) is 5.32 Å². The minimum absolute atomic E-state index is 0.142. The van der Waals surface area contributed by atoms with Crippen LogP contribution in [0.4, 0.5) is 10.5 Å². The molecule has 0 fully saturated rings. The molecule has 0 spiro atoms. The van der Waals surface area contributed by atoms with Crippen LogP contribution in [-0.2, 0) is 16.1 Å². The molecule has 2 rings (SSSR count). The maximum atomic E-state index is 11.6. The average Bonchev–Trinajstić information content (AvgIpc) is 2.61. The van der Waals surface area contributed by atoms with Gasteiger partial charge in [0.15, 0.2) is 0 Å². The van der Waals surface area contributed by atoms with E-state index in [2.05, 4.69) is 22.5 Å². The molecule has 0 saturated carbocycles. The van der Waals surface area contributed by atoms with E-state index in [1.165, 1.54) is 6.92 Å². The Morgan fingerprint density at radius 1 is 1.04 bits per heavy atom. The fourth-order valence-corrected chi connectivity index (χ4v) is 2.05. The van der Waals surface area contributed by atoms with Gasteiger partial charge < -0.3 is 15.4 Å². The van der Waals surface area contributed by atoms with Crippen LogP contribution >= 0.6 is 0 Å². The van der Waals surface area contributed by atoms with E-state index in [1.807, 2.05) is 48.5 Å². The van der Waals surface area contributed by atoms with E-state index in [1.54, 1.807) is 6.07 Å². The number of para-hydroxylation sites is 1. The summed E-state index contributed by atoms with van der Waals surface area (Å²) in [5, 5.41) is 5.39. The molecule has 2 N–H and O–H groups in total. The number of anilines is 1. The van der Waals surface area contributed by atoms with Crippen molar-refractivity contribution in [2.45, 2.75) is 20.0 Å². The second-order valence-corrected chi connectivity index (χ2v) is 5.27. The fourth-order valence-electron chi connectivity index (χ4n) is 2.05. The van der Waals surface area contributed by atoms with Crippen molar-refractivity contribution in [3.63, 3.8) is 0 Å².